The molecule has 3 nitrogen and oxygen atoms in total. The molecule has 0 unspecified atom stereocenters. The second-order valence-electron chi connectivity index (χ2n) is 3.70. The molecule has 0 aliphatic carbocycles. The predicted octanol–water partition coefficient (Wildman–Crippen LogP) is 3.98. The second-order valence-corrected chi connectivity index (χ2v) is 3.70. The standard InChI is InChI=1S/C9H9F3O3.C4H9.Li/c10-4-13-7-2-1-3-8(14-5-11)9(7)15-6-12;1-3-4-2;/h1-3H,4-6H2;1,3-4H2,2H3;. The van der Waals surface area contributed by atoms with Crippen LogP contribution in [0.4, 0.5) is 13.2 Å². The van der Waals surface area contributed by atoms with E-state index < -0.39 is 20.6 Å². The van der Waals surface area contributed by atoms with Crippen molar-refractivity contribution in [3.63, 3.8) is 0 Å². The summed E-state index contributed by atoms with van der Waals surface area (Å²) in [5.74, 6) is -0.238. The normalized spacial score (nSPS) is 9.50. The van der Waals surface area contributed by atoms with Crippen molar-refractivity contribution in [3.8, 4) is 17.2 Å². The summed E-state index contributed by atoms with van der Waals surface area (Å²) in [7, 11) is 0. The maximum absolute atomic E-state index is 12.0. The number of hydrogen-bond acceptors (Lipinski definition) is 3. The Morgan fingerprint density at radius 1 is 0.950 bits per heavy atom. The number of ether oxygens (including phenoxy) is 3. The van der Waals surface area contributed by atoms with Gasteiger partial charge in [0.05, 0.1) is 0 Å². The monoisotopic (exact) mass is 286 g/mol. The van der Waals surface area contributed by atoms with Gasteiger partial charge in [-0.25, -0.2) is 13.2 Å². The van der Waals surface area contributed by atoms with Gasteiger partial charge in [0, 0.05) is 0 Å². The average Bonchev–Trinajstić information content (AvgIpc) is 2.44. The van der Waals surface area contributed by atoms with E-state index in [2.05, 4.69) is 38.8 Å². The van der Waals surface area contributed by atoms with Gasteiger partial charge in [-0.05, 0) is 12.1 Å². The number of halogens is 3. The van der Waals surface area contributed by atoms with Crippen LogP contribution in [0.2, 0.25) is 5.09 Å². The molecular weight excluding hydrogens is 268 g/mol. The van der Waals surface area contributed by atoms with E-state index in [0.717, 1.165) is 0 Å². The molecule has 0 saturated carbocycles. The number of para-hydroxylation sites is 1. The van der Waals surface area contributed by atoms with Gasteiger partial charge in [-0.3, -0.25) is 0 Å². The molecule has 0 saturated heterocycles. The van der Waals surface area contributed by atoms with Crippen molar-refractivity contribution in [2.24, 2.45) is 0 Å². The summed E-state index contributed by atoms with van der Waals surface area (Å²) in [4.78, 5) is 0. The van der Waals surface area contributed by atoms with E-state index in [0.29, 0.717) is 0 Å². The van der Waals surface area contributed by atoms with Gasteiger partial charge in [0.2, 0.25) is 26.3 Å². The van der Waals surface area contributed by atoms with Crippen LogP contribution < -0.4 is 14.2 Å². The fourth-order valence-electron chi connectivity index (χ4n) is 1.39. The van der Waals surface area contributed by atoms with Crippen molar-refractivity contribution in [3.05, 3.63) is 18.2 Å². The van der Waals surface area contributed by atoms with Crippen LogP contribution in [0.15, 0.2) is 18.2 Å². The van der Waals surface area contributed by atoms with Gasteiger partial charge < -0.3 is 14.2 Å². The van der Waals surface area contributed by atoms with Crippen LogP contribution in [0.5, 0.6) is 17.2 Å². The topological polar surface area (TPSA) is 27.7 Å². The molecule has 0 N–H and O–H groups in total. The molecule has 0 fully saturated rings. The van der Waals surface area contributed by atoms with Gasteiger partial charge in [0.25, 0.3) is 0 Å². The Morgan fingerprint density at radius 2 is 1.45 bits per heavy atom. The van der Waals surface area contributed by atoms with E-state index >= 15 is 0 Å². The third-order valence-electron chi connectivity index (χ3n) is 2.27. The zero-order chi connectivity index (χ0) is 15.2. The average molecular weight is 286 g/mol. The SMILES string of the molecule is FCOc1cccc(OCF)c1OCF.[Li][CH2]CCC. The number of unbranched alkanes of at least 4 members (excludes halogenated alkanes) is 1. The van der Waals surface area contributed by atoms with E-state index in [1.807, 2.05) is 0 Å². The maximum atomic E-state index is 12.0. The fourth-order valence-corrected chi connectivity index (χ4v) is 1.39. The van der Waals surface area contributed by atoms with Crippen molar-refractivity contribution in [1.29, 1.82) is 0 Å². The van der Waals surface area contributed by atoms with E-state index in [1.165, 1.54) is 36.1 Å². The first-order valence-electron chi connectivity index (χ1n) is 6.44. The van der Waals surface area contributed by atoms with Crippen molar-refractivity contribution in [2.75, 3.05) is 20.6 Å². The van der Waals surface area contributed by atoms with Crippen LogP contribution >= 0.6 is 0 Å². The van der Waals surface area contributed by atoms with Crippen molar-refractivity contribution >= 4 is 17.7 Å². The minimum atomic E-state index is -1.14. The summed E-state index contributed by atoms with van der Waals surface area (Å²) in [5, 5.41) is 1.34. The Hall–Kier alpha value is -0.993. The van der Waals surface area contributed by atoms with Crippen LogP contribution in [0.1, 0.15) is 19.8 Å². The molecule has 0 aliphatic heterocycles. The number of hydrogen-bond donors (Lipinski definition) is 0. The minimum absolute atomic E-state index is 0.0406. The predicted molar refractivity (Wildman–Crippen MR) is 71.7 cm³/mol. The summed E-state index contributed by atoms with van der Waals surface area (Å²) in [6.07, 6.45) is 2.73. The van der Waals surface area contributed by atoms with Crippen LogP contribution in [-0.2, 0) is 0 Å². The molecule has 0 aromatic heterocycles. The van der Waals surface area contributed by atoms with E-state index in [9.17, 15) is 13.2 Å². The number of rotatable bonds is 8. The molecule has 110 valence electrons. The zero-order valence-corrected chi connectivity index (χ0v) is 11.8. The molecule has 0 bridgehead atoms. The quantitative estimate of drug-likeness (QED) is 0.677. The molecule has 0 aliphatic rings. The fraction of sp³-hybridized carbons (Fsp3) is 0.538. The Morgan fingerprint density at radius 3 is 1.75 bits per heavy atom. The molecule has 0 radical (unpaired) electrons. The van der Waals surface area contributed by atoms with Crippen molar-refractivity contribution in [2.45, 2.75) is 24.9 Å². The van der Waals surface area contributed by atoms with E-state index in [-0.39, 0.29) is 17.2 Å². The summed E-state index contributed by atoms with van der Waals surface area (Å²) in [6.45, 7) is -1.12. The summed E-state index contributed by atoms with van der Waals surface area (Å²) >= 11 is 2.21. The molecule has 1 aromatic rings. The van der Waals surface area contributed by atoms with Crippen LogP contribution in [0.3, 0.4) is 0 Å². The van der Waals surface area contributed by atoms with Crippen molar-refractivity contribution < 1.29 is 27.4 Å². The first-order chi connectivity index (χ1) is 9.74. The third kappa shape index (κ3) is 7.56. The van der Waals surface area contributed by atoms with Crippen LogP contribution in [0, 0.1) is 0 Å². The molecular formula is C13H18F3LiO3. The van der Waals surface area contributed by atoms with E-state index in [4.69, 9.17) is 0 Å². The Bertz CT molecular complexity index is 327. The molecule has 0 spiro atoms. The van der Waals surface area contributed by atoms with Gasteiger partial charge in [-0.1, -0.05) is 6.07 Å². The van der Waals surface area contributed by atoms with Gasteiger partial charge in [0.15, 0.2) is 11.5 Å². The Labute approximate surface area is 126 Å². The molecule has 20 heavy (non-hydrogen) atoms. The number of alkyl halides is 3. The molecule has 0 amide bonds. The molecule has 1 aromatic carbocycles. The summed E-state index contributed by atoms with van der Waals surface area (Å²) < 4.78 is 49.4. The van der Waals surface area contributed by atoms with Gasteiger partial charge in [0.1, 0.15) is 0 Å². The summed E-state index contributed by atoms with van der Waals surface area (Å²) in [6, 6.07) is 4.16. The third-order valence-corrected chi connectivity index (χ3v) is 2.27. The van der Waals surface area contributed by atoms with Gasteiger partial charge >= 0.3 is 42.6 Å². The molecule has 7 heteroatoms. The van der Waals surface area contributed by atoms with Crippen LogP contribution in [0.25, 0.3) is 0 Å². The molecule has 0 heterocycles. The van der Waals surface area contributed by atoms with Crippen LogP contribution in [-0.4, -0.2) is 38.3 Å². The first kappa shape index (κ1) is 19.0. The molecule has 1 rings (SSSR count). The summed E-state index contributed by atoms with van der Waals surface area (Å²) in [5.41, 5.74) is 0. The Balaban J connectivity index is 0.000000621. The zero-order valence-electron chi connectivity index (χ0n) is 11.8. The van der Waals surface area contributed by atoms with Crippen molar-refractivity contribution in [1.82, 2.24) is 0 Å². The van der Waals surface area contributed by atoms with Gasteiger partial charge in [-0.15, -0.1) is 0 Å². The first-order valence-corrected chi connectivity index (χ1v) is 6.44. The molecule has 0 atom stereocenters. The van der Waals surface area contributed by atoms with Gasteiger partial charge in [-0.2, -0.15) is 0 Å². The second kappa shape index (κ2) is 13.0. The van der Waals surface area contributed by atoms with E-state index in [1.54, 1.807) is 0 Å². The Kier molecular flexibility index (Phi) is 12.4. The number of benzene rings is 1.